The molecule has 4 rings (SSSR count). The molecule has 35 heavy (non-hydrogen) atoms. The first-order valence-electron chi connectivity index (χ1n) is 11.2. The lowest BCUT2D eigenvalue weighted by Crippen LogP contribution is -2.45. The number of nitrogens with two attached hydrogens (primary N) is 1. The molecule has 1 fully saturated rings. The summed E-state index contributed by atoms with van der Waals surface area (Å²) in [4.78, 5) is 12.6. The zero-order valence-corrected chi connectivity index (χ0v) is 21.0. The van der Waals surface area contributed by atoms with Crippen LogP contribution in [0.2, 0.25) is 0 Å². The van der Waals surface area contributed by atoms with Crippen molar-refractivity contribution in [2.45, 2.75) is 37.2 Å². The molecule has 1 atom stereocenters. The third-order valence-electron chi connectivity index (χ3n) is 6.20. The fourth-order valence-corrected chi connectivity index (χ4v) is 5.51. The number of rotatable bonds is 9. The monoisotopic (exact) mass is 500 g/mol. The number of aromatic nitrogens is 3. The van der Waals surface area contributed by atoms with E-state index < -0.39 is 20.3 Å². The highest BCUT2D eigenvalue weighted by Gasteiger charge is 2.36. The van der Waals surface area contributed by atoms with Gasteiger partial charge in [-0.3, -0.25) is 4.99 Å². The highest BCUT2D eigenvalue weighted by atomic mass is 32.2. The van der Waals surface area contributed by atoms with Crippen LogP contribution in [0.1, 0.15) is 32.3 Å². The van der Waals surface area contributed by atoms with Crippen molar-refractivity contribution in [2.75, 3.05) is 20.7 Å². The molecule has 1 unspecified atom stereocenters. The lowest BCUT2D eigenvalue weighted by Gasteiger charge is -2.28. The van der Waals surface area contributed by atoms with Crippen molar-refractivity contribution in [3.8, 4) is 28.6 Å². The van der Waals surface area contributed by atoms with Crippen LogP contribution in [-0.2, 0) is 15.5 Å². The van der Waals surface area contributed by atoms with E-state index in [0.29, 0.717) is 41.1 Å². The molecule has 0 bridgehead atoms. The number of halogens is 1. The molecular formula is C24H29FN6O3S. The molecule has 2 heterocycles. The Labute approximate surface area is 204 Å². The number of ether oxygens (including phenoxy) is 1. The molecule has 1 saturated carbocycles. The second-order valence-electron chi connectivity index (χ2n) is 8.96. The van der Waals surface area contributed by atoms with Crippen LogP contribution in [0.5, 0.6) is 5.88 Å². The van der Waals surface area contributed by atoms with Gasteiger partial charge in [-0.1, -0.05) is 5.16 Å². The molecule has 11 heteroatoms. The van der Waals surface area contributed by atoms with Gasteiger partial charge in [0.15, 0.2) is 5.76 Å². The number of hydrogen-bond donors (Lipinski definition) is 1. The van der Waals surface area contributed by atoms with Gasteiger partial charge in [0.2, 0.25) is 5.88 Å². The van der Waals surface area contributed by atoms with Gasteiger partial charge in [-0.05, 0) is 50.8 Å². The Kier molecular flexibility index (Phi) is 6.88. The molecule has 2 N–H and O–H groups in total. The van der Waals surface area contributed by atoms with Crippen molar-refractivity contribution >= 4 is 15.6 Å². The molecule has 0 amide bonds. The van der Waals surface area contributed by atoms with E-state index in [9.17, 15) is 8.60 Å². The molecule has 0 radical (unpaired) electrons. The van der Waals surface area contributed by atoms with Crippen LogP contribution >= 0.6 is 0 Å². The van der Waals surface area contributed by atoms with Gasteiger partial charge in [-0.15, -0.1) is 0 Å². The van der Waals surface area contributed by atoms with E-state index in [0.717, 1.165) is 0 Å². The molecule has 186 valence electrons. The summed E-state index contributed by atoms with van der Waals surface area (Å²) in [5, 5.41) is 4.07. The average molecular weight is 501 g/mol. The van der Waals surface area contributed by atoms with E-state index in [-0.39, 0.29) is 17.2 Å². The highest BCUT2D eigenvalue weighted by molar-refractivity contribution is 7.95. The van der Waals surface area contributed by atoms with E-state index >= 15 is 0 Å². The zero-order chi connectivity index (χ0) is 25.2. The number of nitrogens with zero attached hydrogens (tertiary/aromatic N) is 5. The minimum Gasteiger partial charge on any atom is -0.476 e. The minimum absolute atomic E-state index is 0.138. The van der Waals surface area contributed by atoms with Crippen LogP contribution < -0.4 is 10.5 Å². The third kappa shape index (κ3) is 5.19. The Morgan fingerprint density at radius 3 is 2.63 bits per heavy atom. The second-order valence-corrected chi connectivity index (χ2v) is 11.9. The predicted molar refractivity (Wildman–Crippen MR) is 133 cm³/mol. The smallest absolute Gasteiger partial charge is 0.232 e. The molecule has 9 nitrogen and oxygen atoms in total. The molecule has 0 spiro atoms. The number of hydrogen-bond acceptors (Lipinski definition) is 8. The average Bonchev–Trinajstić information content (AvgIpc) is 3.57. The minimum atomic E-state index is -2.99. The Bertz CT molecular complexity index is 1360. The van der Waals surface area contributed by atoms with E-state index in [1.54, 1.807) is 44.4 Å². The van der Waals surface area contributed by atoms with Crippen LogP contribution in [0.15, 0.2) is 50.5 Å². The maximum Gasteiger partial charge on any atom is 0.232 e. The maximum atomic E-state index is 14.7. The van der Waals surface area contributed by atoms with Gasteiger partial charge in [0.25, 0.3) is 0 Å². The topological polar surface area (TPSA) is 129 Å². The SMILES string of the molecule is CN=S(=O)(Cc1cc(-c2cc(-c3cnc(OCC4CC4)cn3)no2)ccc1F)C(C)(C)/C(N)=N\C. The molecule has 1 aliphatic rings. The van der Waals surface area contributed by atoms with Crippen LogP contribution in [0.25, 0.3) is 22.7 Å². The van der Waals surface area contributed by atoms with E-state index in [1.807, 2.05) is 0 Å². The van der Waals surface area contributed by atoms with Gasteiger partial charge in [-0.2, -0.15) is 0 Å². The van der Waals surface area contributed by atoms with Gasteiger partial charge in [-0.25, -0.2) is 22.9 Å². The van der Waals surface area contributed by atoms with Crippen molar-refractivity contribution in [3.05, 3.63) is 48.0 Å². The van der Waals surface area contributed by atoms with Crippen molar-refractivity contribution in [1.82, 2.24) is 15.1 Å². The standard InChI is InChI=1S/C24H29FN6O3S/c1-24(2,23(26)27-3)35(32,28-4)14-17-9-16(7-8-18(17)25)21-10-19(31-34-21)20-11-30-22(12-29-20)33-13-15-5-6-15/h7-12,15H,5-6,13-14H2,1-4H3,(H2,26,27). The van der Waals surface area contributed by atoms with Crippen LogP contribution in [0.3, 0.4) is 0 Å². The van der Waals surface area contributed by atoms with Crippen molar-refractivity contribution < 1.29 is 17.9 Å². The maximum absolute atomic E-state index is 14.7. The van der Waals surface area contributed by atoms with E-state index in [4.69, 9.17) is 15.0 Å². The van der Waals surface area contributed by atoms with Crippen LogP contribution in [0.4, 0.5) is 4.39 Å². The summed E-state index contributed by atoms with van der Waals surface area (Å²) < 4.78 is 42.6. The molecule has 1 aromatic carbocycles. The largest absolute Gasteiger partial charge is 0.476 e. The predicted octanol–water partition coefficient (Wildman–Crippen LogP) is 4.09. The van der Waals surface area contributed by atoms with Crippen molar-refractivity contribution in [1.29, 1.82) is 0 Å². The Morgan fingerprint density at radius 1 is 1.23 bits per heavy atom. The zero-order valence-electron chi connectivity index (χ0n) is 20.2. The summed E-state index contributed by atoms with van der Waals surface area (Å²) in [5.74, 6) is 1.05. The van der Waals surface area contributed by atoms with Gasteiger partial charge in [0, 0.05) is 31.3 Å². The van der Waals surface area contributed by atoms with Gasteiger partial charge < -0.3 is 15.0 Å². The fraction of sp³-hybridized carbons (Fsp3) is 0.417. The number of benzene rings is 1. The lowest BCUT2D eigenvalue weighted by atomic mass is 10.1. The highest BCUT2D eigenvalue weighted by Crippen LogP contribution is 2.31. The molecule has 3 aromatic rings. The Hall–Kier alpha value is -3.34. The molecule has 1 aliphatic carbocycles. The summed E-state index contributed by atoms with van der Waals surface area (Å²) in [6.45, 7) is 4.04. The Balaban J connectivity index is 1.57. The number of amidine groups is 1. The first-order chi connectivity index (χ1) is 16.7. The van der Waals surface area contributed by atoms with Crippen molar-refractivity contribution in [3.63, 3.8) is 0 Å². The molecule has 0 aliphatic heterocycles. The first kappa shape index (κ1) is 24.8. The van der Waals surface area contributed by atoms with Crippen molar-refractivity contribution in [2.24, 2.45) is 21.0 Å². The normalized spacial score (nSPS) is 16.1. The van der Waals surface area contributed by atoms with E-state index in [1.165, 1.54) is 33.0 Å². The third-order valence-corrected chi connectivity index (χ3v) is 9.29. The second kappa shape index (κ2) is 9.73. The summed E-state index contributed by atoms with van der Waals surface area (Å²) in [5.41, 5.74) is 7.80. The summed E-state index contributed by atoms with van der Waals surface area (Å²) in [6.07, 6.45) is 5.52. The van der Waals surface area contributed by atoms with Crippen LogP contribution in [0, 0.1) is 11.7 Å². The van der Waals surface area contributed by atoms with Gasteiger partial charge in [0.05, 0.1) is 34.5 Å². The molecular weight excluding hydrogens is 471 g/mol. The first-order valence-corrected chi connectivity index (χ1v) is 12.9. The quantitative estimate of drug-likeness (QED) is 0.346. The molecule has 0 saturated heterocycles. The van der Waals surface area contributed by atoms with Gasteiger partial charge in [0.1, 0.15) is 27.8 Å². The summed E-state index contributed by atoms with van der Waals surface area (Å²) in [6, 6.07) is 6.15. The van der Waals surface area contributed by atoms with E-state index in [2.05, 4.69) is 24.5 Å². The van der Waals surface area contributed by atoms with Gasteiger partial charge >= 0.3 is 0 Å². The number of aliphatic imine (C=N–C) groups is 1. The summed E-state index contributed by atoms with van der Waals surface area (Å²) >= 11 is 0. The summed E-state index contributed by atoms with van der Waals surface area (Å²) in [7, 11) is -0.0190. The Morgan fingerprint density at radius 2 is 2.00 bits per heavy atom. The fourth-order valence-electron chi connectivity index (χ4n) is 3.50. The molecule has 2 aromatic heterocycles. The van der Waals surface area contributed by atoms with Crippen LogP contribution in [-0.4, -0.2) is 50.6 Å². The lowest BCUT2D eigenvalue weighted by molar-refractivity contribution is 0.287.